The van der Waals surface area contributed by atoms with E-state index in [-0.39, 0.29) is 5.97 Å². The molecule has 2 aromatic carbocycles. The summed E-state index contributed by atoms with van der Waals surface area (Å²) < 4.78 is 5.30. The van der Waals surface area contributed by atoms with Crippen molar-refractivity contribution in [3.05, 3.63) is 71.3 Å². The maximum Gasteiger partial charge on any atom is 0.338 e. The number of ether oxygens (including phenoxy) is 1. The summed E-state index contributed by atoms with van der Waals surface area (Å²) in [5, 5.41) is 10.4. The standard InChI is InChI=1S/C20H25NO3/c1-3-21(4-2)14-15-24-20(23)18-12-10-17(11-13-18)19(22)16-8-6-5-7-9-16/h5-13,19,22H,3-4,14-15H2,1-2H3/t19-/m0/s1. The minimum atomic E-state index is -0.695. The molecule has 0 heterocycles. The van der Waals surface area contributed by atoms with Crippen LogP contribution in [0.2, 0.25) is 0 Å². The highest BCUT2D eigenvalue weighted by Crippen LogP contribution is 2.22. The number of carbonyl (C=O) groups is 1. The molecule has 0 aliphatic rings. The van der Waals surface area contributed by atoms with Gasteiger partial charge in [0.25, 0.3) is 0 Å². The number of esters is 1. The SMILES string of the molecule is CCN(CC)CCOC(=O)c1ccc([C@@H](O)c2ccccc2)cc1. The summed E-state index contributed by atoms with van der Waals surface area (Å²) in [4.78, 5) is 14.3. The first-order valence-corrected chi connectivity index (χ1v) is 8.38. The Morgan fingerprint density at radius 2 is 1.58 bits per heavy atom. The van der Waals surface area contributed by atoms with E-state index in [1.165, 1.54) is 0 Å². The van der Waals surface area contributed by atoms with E-state index in [1.54, 1.807) is 24.3 Å². The number of aliphatic hydroxyl groups excluding tert-OH is 1. The van der Waals surface area contributed by atoms with Gasteiger partial charge in [0.1, 0.15) is 12.7 Å². The van der Waals surface area contributed by atoms with E-state index in [0.29, 0.717) is 12.2 Å². The minimum absolute atomic E-state index is 0.331. The zero-order valence-corrected chi connectivity index (χ0v) is 14.3. The molecular weight excluding hydrogens is 302 g/mol. The second-order valence-electron chi connectivity index (χ2n) is 5.60. The summed E-state index contributed by atoms with van der Waals surface area (Å²) >= 11 is 0. The van der Waals surface area contributed by atoms with E-state index in [2.05, 4.69) is 18.7 Å². The lowest BCUT2D eigenvalue weighted by atomic mass is 10.0. The van der Waals surface area contributed by atoms with Crippen molar-refractivity contribution in [3.63, 3.8) is 0 Å². The third-order valence-electron chi connectivity index (χ3n) is 4.11. The average Bonchev–Trinajstić information content (AvgIpc) is 2.65. The van der Waals surface area contributed by atoms with Crippen LogP contribution in [0.1, 0.15) is 41.4 Å². The lowest BCUT2D eigenvalue weighted by Crippen LogP contribution is -2.27. The molecule has 0 radical (unpaired) electrons. The summed E-state index contributed by atoms with van der Waals surface area (Å²) in [6.07, 6.45) is -0.695. The Kier molecular flexibility index (Phi) is 6.97. The van der Waals surface area contributed by atoms with E-state index >= 15 is 0 Å². The second-order valence-corrected chi connectivity index (χ2v) is 5.60. The lowest BCUT2D eigenvalue weighted by molar-refractivity contribution is 0.0466. The quantitative estimate of drug-likeness (QED) is 0.756. The molecule has 2 aromatic rings. The van der Waals surface area contributed by atoms with E-state index in [9.17, 15) is 9.90 Å². The molecule has 0 unspecified atom stereocenters. The van der Waals surface area contributed by atoms with Crippen LogP contribution in [0.15, 0.2) is 54.6 Å². The summed E-state index contributed by atoms with van der Waals surface area (Å²) in [5.74, 6) is -0.331. The zero-order valence-electron chi connectivity index (χ0n) is 14.3. The van der Waals surface area contributed by atoms with Crippen molar-refractivity contribution in [1.29, 1.82) is 0 Å². The van der Waals surface area contributed by atoms with E-state index < -0.39 is 6.10 Å². The maximum absolute atomic E-state index is 12.1. The van der Waals surface area contributed by atoms with Gasteiger partial charge in [-0.1, -0.05) is 56.3 Å². The molecule has 1 atom stereocenters. The Morgan fingerprint density at radius 3 is 2.17 bits per heavy atom. The highest BCUT2D eigenvalue weighted by atomic mass is 16.5. The first kappa shape index (κ1) is 18.2. The number of hydrogen-bond donors (Lipinski definition) is 1. The lowest BCUT2D eigenvalue weighted by Gasteiger charge is -2.17. The smallest absolute Gasteiger partial charge is 0.338 e. The number of carbonyl (C=O) groups excluding carboxylic acids is 1. The molecule has 128 valence electrons. The second kappa shape index (κ2) is 9.21. The van der Waals surface area contributed by atoms with Crippen molar-refractivity contribution in [1.82, 2.24) is 4.90 Å². The summed E-state index contributed by atoms with van der Waals surface area (Å²) in [7, 11) is 0. The van der Waals surface area contributed by atoms with Crippen molar-refractivity contribution in [2.24, 2.45) is 0 Å². The molecule has 0 saturated carbocycles. The van der Waals surface area contributed by atoms with Crippen LogP contribution < -0.4 is 0 Å². The van der Waals surface area contributed by atoms with Gasteiger partial charge in [0.2, 0.25) is 0 Å². The predicted molar refractivity (Wildman–Crippen MR) is 95.0 cm³/mol. The van der Waals surface area contributed by atoms with Gasteiger partial charge in [-0.05, 0) is 36.3 Å². The first-order chi connectivity index (χ1) is 11.7. The number of likely N-dealkylation sites (N-methyl/N-ethyl adjacent to an activating group) is 1. The Bertz CT molecular complexity index is 621. The van der Waals surface area contributed by atoms with Crippen molar-refractivity contribution in [2.45, 2.75) is 20.0 Å². The Hall–Kier alpha value is -2.17. The maximum atomic E-state index is 12.1. The first-order valence-electron chi connectivity index (χ1n) is 8.38. The van der Waals surface area contributed by atoms with Gasteiger partial charge in [-0.25, -0.2) is 4.79 Å². The Morgan fingerprint density at radius 1 is 1.00 bits per heavy atom. The van der Waals surface area contributed by atoms with Gasteiger partial charge in [0.15, 0.2) is 0 Å². The monoisotopic (exact) mass is 327 g/mol. The van der Waals surface area contributed by atoms with Gasteiger partial charge in [-0.15, -0.1) is 0 Å². The van der Waals surface area contributed by atoms with Crippen LogP contribution in [0.3, 0.4) is 0 Å². The van der Waals surface area contributed by atoms with Crippen molar-refractivity contribution >= 4 is 5.97 Å². The number of aliphatic hydroxyl groups is 1. The van der Waals surface area contributed by atoms with Crippen LogP contribution in [0.5, 0.6) is 0 Å². The van der Waals surface area contributed by atoms with Gasteiger partial charge >= 0.3 is 5.97 Å². The van der Waals surface area contributed by atoms with Gasteiger partial charge < -0.3 is 14.7 Å². The van der Waals surface area contributed by atoms with Crippen molar-refractivity contribution < 1.29 is 14.6 Å². The normalized spacial score (nSPS) is 12.2. The summed E-state index contributed by atoms with van der Waals surface area (Å²) in [5.41, 5.74) is 2.08. The van der Waals surface area contributed by atoms with Crippen molar-refractivity contribution in [2.75, 3.05) is 26.2 Å². The summed E-state index contributed by atoms with van der Waals surface area (Å²) in [6, 6.07) is 16.4. The molecule has 0 aliphatic carbocycles. The van der Waals surface area contributed by atoms with Crippen LogP contribution in [0, 0.1) is 0 Å². The largest absolute Gasteiger partial charge is 0.461 e. The fourth-order valence-electron chi connectivity index (χ4n) is 2.52. The highest BCUT2D eigenvalue weighted by Gasteiger charge is 2.12. The molecule has 4 heteroatoms. The number of rotatable bonds is 8. The molecule has 0 bridgehead atoms. The molecule has 2 rings (SSSR count). The predicted octanol–water partition coefficient (Wildman–Crippen LogP) is 3.27. The van der Waals surface area contributed by atoms with Crippen LogP contribution in [0.4, 0.5) is 0 Å². The third kappa shape index (κ3) is 4.91. The molecule has 24 heavy (non-hydrogen) atoms. The number of hydrogen-bond acceptors (Lipinski definition) is 4. The Balaban J connectivity index is 1.92. The van der Waals surface area contributed by atoms with E-state index in [4.69, 9.17) is 4.74 Å². The molecular formula is C20H25NO3. The zero-order chi connectivity index (χ0) is 17.4. The van der Waals surface area contributed by atoms with E-state index in [0.717, 1.165) is 30.8 Å². The fraction of sp³-hybridized carbons (Fsp3) is 0.350. The Labute approximate surface area is 143 Å². The molecule has 1 N–H and O–H groups in total. The molecule has 0 fully saturated rings. The molecule has 0 amide bonds. The minimum Gasteiger partial charge on any atom is -0.461 e. The van der Waals surface area contributed by atoms with Gasteiger partial charge in [-0.2, -0.15) is 0 Å². The molecule has 0 saturated heterocycles. The topological polar surface area (TPSA) is 49.8 Å². The van der Waals surface area contributed by atoms with Crippen molar-refractivity contribution in [3.8, 4) is 0 Å². The van der Waals surface area contributed by atoms with Gasteiger partial charge in [0.05, 0.1) is 5.56 Å². The highest BCUT2D eigenvalue weighted by molar-refractivity contribution is 5.89. The summed E-state index contributed by atoms with van der Waals surface area (Å²) in [6.45, 7) is 7.18. The average molecular weight is 327 g/mol. The van der Waals surface area contributed by atoms with Crippen LogP contribution >= 0.6 is 0 Å². The number of nitrogens with zero attached hydrogens (tertiary/aromatic N) is 1. The van der Waals surface area contributed by atoms with Crippen LogP contribution in [0.25, 0.3) is 0 Å². The van der Waals surface area contributed by atoms with Crippen LogP contribution in [-0.2, 0) is 4.74 Å². The third-order valence-corrected chi connectivity index (χ3v) is 4.11. The fourth-order valence-corrected chi connectivity index (χ4v) is 2.52. The molecule has 0 aliphatic heterocycles. The van der Waals surface area contributed by atoms with E-state index in [1.807, 2.05) is 30.3 Å². The van der Waals surface area contributed by atoms with Crippen LogP contribution in [-0.4, -0.2) is 42.2 Å². The molecule has 0 spiro atoms. The number of benzene rings is 2. The van der Waals surface area contributed by atoms with Gasteiger partial charge in [0, 0.05) is 6.54 Å². The van der Waals surface area contributed by atoms with Gasteiger partial charge in [-0.3, -0.25) is 0 Å². The molecule has 4 nitrogen and oxygen atoms in total. The molecule has 0 aromatic heterocycles.